The molecule has 1 unspecified atom stereocenters. The summed E-state index contributed by atoms with van der Waals surface area (Å²) in [7, 11) is 0. The molecular formula is C23H27ClN2O5. The van der Waals surface area contributed by atoms with Crippen LogP contribution in [0.3, 0.4) is 0 Å². The topological polar surface area (TPSA) is 102 Å². The number of halogens is 1. The molecule has 31 heavy (non-hydrogen) atoms. The summed E-state index contributed by atoms with van der Waals surface area (Å²) in [6.45, 7) is 9.58. The van der Waals surface area contributed by atoms with E-state index in [4.69, 9.17) is 21.1 Å². The van der Waals surface area contributed by atoms with Crippen molar-refractivity contribution >= 4 is 17.4 Å². The van der Waals surface area contributed by atoms with E-state index in [0.717, 1.165) is 15.7 Å². The first kappa shape index (κ1) is 24.4. The van der Waals surface area contributed by atoms with Gasteiger partial charge in [-0.05, 0) is 69.9 Å². The second-order valence-electron chi connectivity index (χ2n) is 7.31. The SMILES string of the molecule is CCOCCCn1c(O)c(C(=O)C(C)Oc2cc(C)c(Cl)c(C)c2)c(C)c(C#N)c1=O. The zero-order chi connectivity index (χ0) is 23.3. The van der Waals surface area contributed by atoms with Crippen molar-refractivity contribution in [1.29, 1.82) is 5.26 Å². The summed E-state index contributed by atoms with van der Waals surface area (Å²) in [4.78, 5) is 25.8. The van der Waals surface area contributed by atoms with Crippen molar-refractivity contribution in [1.82, 2.24) is 4.57 Å². The molecule has 0 aliphatic carbocycles. The Morgan fingerprint density at radius 1 is 1.29 bits per heavy atom. The molecule has 8 heteroatoms. The maximum absolute atomic E-state index is 13.2. The fourth-order valence-corrected chi connectivity index (χ4v) is 3.47. The molecule has 0 amide bonds. The second-order valence-corrected chi connectivity index (χ2v) is 7.69. The molecule has 0 spiro atoms. The average Bonchev–Trinajstić information content (AvgIpc) is 2.71. The van der Waals surface area contributed by atoms with E-state index in [1.165, 1.54) is 6.92 Å². The number of aryl methyl sites for hydroxylation is 2. The largest absolute Gasteiger partial charge is 0.494 e. The van der Waals surface area contributed by atoms with Crippen LogP contribution in [-0.4, -0.2) is 34.8 Å². The molecule has 0 saturated heterocycles. The number of aromatic hydroxyl groups is 1. The van der Waals surface area contributed by atoms with Gasteiger partial charge < -0.3 is 14.6 Å². The van der Waals surface area contributed by atoms with Gasteiger partial charge in [0.15, 0.2) is 6.10 Å². The van der Waals surface area contributed by atoms with Gasteiger partial charge in [0.05, 0.1) is 5.56 Å². The molecule has 0 aliphatic heterocycles. The Kier molecular flexibility index (Phi) is 8.26. The minimum absolute atomic E-state index is 0.0949. The molecule has 0 saturated carbocycles. The summed E-state index contributed by atoms with van der Waals surface area (Å²) >= 11 is 6.19. The number of aromatic nitrogens is 1. The van der Waals surface area contributed by atoms with Gasteiger partial charge in [-0.25, -0.2) is 0 Å². The molecule has 0 fully saturated rings. The highest BCUT2D eigenvalue weighted by molar-refractivity contribution is 6.32. The van der Waals surface area contributed by atoms with E-state index in [1.54, 1.807) is 19.1 Å². The van der Waals surface area contributed by atoms with Crippen LogP contribution in [0.1, 0.15) is 52.9 Å². The number of nitrogens with zero attached hydrogens (tertiary/aromatic N) is 2. The number of Topliss-reactive ketones (excluding diaryl/α,β-unsaturated/α-hetero) is 1. The first-order valence-electron chi connectivity index (χ1n) is 10.1. The molecule has 2 aromatic rings. The molecule has 0 radical (unpaired) electrons. The number of nitriles is 1. The molecule has 0 aliphatic rings. The Hall–Kier alpha value is -2.82. The Labute approximate surface area is 186 Å². The van der Waals surface area contributed by atoms with Crippen LogP contribution in [0.25, 0.3) is 0 Å². The second kappa shape index (κ2) is 10.5. The molecule has 166 valence electrons. The van der Waals surface area contributed by atoms with E-state index in [0.29, 0.717) is 30.4 Å². The van der Waals surface area contributed by atoms with Crippen molar-refractivity contribution in [2.45, 2.75) is 53.7 Å². The zero-order valence-corrected chi connectivity index (χ0v) is 19.2. The van der Waals surface area contributed by atoms with E-state index in [-0.39, 0.29) is 23.2 Å². The summed E-state index contributed by atoms with van der Waals surface area (Å²) < 4.78 is 12.1. The zero-order valence-electron chi connectivity index (χ0n) is 18.4. The Morgan fingerprint density at radius 2 is 1.90 bits per heavy atom. The van der Waals surface area contributed by atoms with Crippen LogP contribution in [0.2, 0.25) is 5.02 Å². The van der Waals surface area contributed by atoms with Gasteiger partial charge in [-0.3, -0.25) is 14.2 Å². The Morgan fingerprint density at radius 3 is 2.45 bits per heavy atom. The van der Waals surface area contributed by atoms with Crippen molar-refractivity contribution < 1.29 is 19.4 Å². The van der Waals surface area contributed by atoms with E-state index in [9.17, 15) is 20.0 Å². The average molecular weight is 447 g/mol. The summed E-state index contributed by atoms with van der Waals surface area (Å²) in [5.41, 5.74) is 0.846. The van der Waals surface area contributed by atoms with Gasteiger partial charge in [-0.2, -0.15) is 5.26 Å². The third kappa shape index (κ3) is 5.27. The van der Waals surface area contributed by atoms with Crippen LogP contribution in [0.5, 0.6) is 11.6 Å². The van der Waals surface area contributed by atoms with E-state index in [2.05, 4.69) is 0 Å². The van der Waals surface area contributed by atoms with Crippen LogP contribution in [0, 0.1) is 32.1 Å². The minimum atomic E-state index is -0.967. The number of hydrogen-bond donors (Lipinski definition) is 1. The molecule has 1 N–H and O–H groups in total. The van der Waals surface area contributed by atoms with Gasteiger partial charge in [0.25, 0.3) is 5.56 Å². The highest BCUT2D eigenvalue weighted by Gasteiger charge is 2.28. The standard InChI is InChI=1S/C23H27ClN2O5/c1-6-30-9-7-8-26-22(28)18(12-25)15(4)19(23(26)29)21(27)16(5)31-17-10-13(2)20(24)14(3)11-17/h10-11,16,29H,6-9H2,1-5H3. The van der Waals surface area contributed by atoms with Gasteiger partial charge in [-0.1, -0.05) is 11.6 Å². The minimum Gasteiger partial charge on any atom is -0.494 e. The van der Waals surface area contributed by atoms with Crippen molar-refractivity contribution in [2.24, 2.45) is 0 Å². The maximum atomic E-state index is 13.2. The fourth-order valence-electron chi connectivity index (χ4n) is 3.36. The highest BCUT2D eigenvalue weighted by Crippen LogP contribution is 2.28. The quantitative estimate of drug-likeness (QED) is 0.460. The van der Waals surface area contributed by atoms with Crippen molar-refractivity contribution in [3.63, 3.8) is 0 Å². The lowest BCUT2D eigenvalue weighted by molar-refractivity contribution is 0.0812. The molecule has 1 atom stereocenters. The smallest absolute Gasteiger partial charge is 0.271 e. The van der Waals surface area contributed by atoms with Crippen molar-refractivity contribution in [3.8, 4) is 17.7 Å². The predicted molar refractivity (Wildman–Crippen MR) is 118 cm³/mol. The number of carbonyl (C=O) groups is 1. The van der Waals surface area contributed by atoms with Gasteiger partial charge in [0.1, 0.15) is 17.4 Å². The van der Waals surface area contributed by atoms with Crippen LogP contribution >= 0.6 is 11.6 Å². The molecule has 0 bridgehead atoms. The third-order valence-corrected chi connectivity index (χ3v) is 5.61. The molecular weight excluding hydrogens is 420 g/mol. The van der Waals surface area contributed by atoms with Gasteiger partial charge in [-0.15, -0.1) is 0 Å². The first-order chi connectivity index (χ1) is 14.6. The maximum Gasteiger partial charge on any atom is 0.271 e. The van der Waals surface area contributed by atoms with Gasteiger partial charge >= 0.3 is 0 Å². The summed E-state index contributed by atoms with van der Waals surface area (Å²) in [5.74, 6) is -0.542. The lowest BCUT2D eigenvalue weighted by Gasteiger charge is -2.19. The predicted octanol–water partition coefficient (Wildman–Crippen LogP) is 4.08. The molecule has 7 nitrogen and oxygen atoms in total. The van der Waals surface area contributed by atoms with E-state index < -0.39 is 23.3 Å². The lowest BCUT2D eigenvalue weighted by Crippen LogP contribution is -2.31. The highest BCUT2D eigenvalue weighted by atomic mass is 35.5. The number of pyridine rings is 1. The van der Waals surface area contributed by atoms with E-state index in [1.807, 2.05) is 26.8 Å². The number of benzene rings is 1. The molecule has 1 aromatic heterocycles. The molecule has 1 aromatic carbocycles. The molecule has 2 rings (SSSR count). The first-order valence-corrected chi connectivity index (χ1v) is 10.4. The lowest BCUT2D eigenvalue weighted by atomic mass is 9.99. The van der Waals surface area contributed by atoms with Gasteiger partial charge in [0.2, 0.25) is 11.7 Å². The number of ether oxygens (including phenoxy) is 2. The Bertz CT molecular complexity index is 1060. The normalized spacial score (nSPS) is 11.8. The van der Waals surface area contributed by atoms with Crippen LogP contribution in [-0.2, 0) is 11.3 Å². The van der Waals surface area contributed by atoms with E-state index >= 15 is 0 Å². The van der Waals surface area contributed by atoms with Gasteiger partial charge in [0, 0.05) is 24.8 Å². The Balaban J connectivity index is 2.42. The third-order valence-electron chi connectivity index (χ3n) is 5.01. The monoisotopic (exact) mass is 446 g/mol. The number of carbonyl (C=O) groups excluding carboxylic acids is 1. The molecule has 1 heterocycles. The summed E-state index contributed by atoms with van der Waals surface area (Å²) in [5, 5.41) is 20.8. The van der Waals surface area contributed by atoms with Crippen LogP contribution in [0.4, 0.5) is 0 Å². The summed E-state index contributed by atoms with van der Waals surface area (Å²) in [6, 6.07) is 5.30. The fraction of sp³-hybridized carbons (Fsp3) is 0.435. The van der Waals surface area contributed by atoms with Crippen molar-refractivity contribution in [3.05, 3.63) is 55.3 Å². The summed E-state index contributed by atoms with van der Waals surface area (Å²) in [6.07, 6.45) is -0.524. The van der Waals surface area contributed by atoms with Crippen LogP contribution < -0.4 is 10.3 Å². The number of rotatable bonds is 9. The number of hydrogen-bond acceptors (Lipinski definition) is 6. The number of ketones is 1. The van der Waals surface area contributed by atoms with Crippen LogP contribution in [0.15, 0.2) is 16.9 Å². The van der Waals surface area contributed by atoms with Crippen molar-refractivity contribution in [2.75, 3.05) is 13.2 Å².